The molecule has 0 rings (SSSR count). The molecule has 0 aliphatic rings. The smallest absolute Gasteiger partial charge is 0.226 e. The highest BCUT2D eigenvalue weighted by Crippen LogP contribution is 2.11. The molecular formula is C32H62N2O. The Morgan fingerprint density at radius 2 is 1.00 bits per heavy atom. The summed E-state index contributed by atoms with van der Waals surface area (Å²) in [7, 11) is 4.15. The number of nitrogens with zero attached hydrogens (tertiary/aromatic N) is 2. The largest absolute Gasteiger partial charge is 0.319 e. The molecule has 0 aliphatic carbocycles. The van der Waals surface area contributed by atoms with Crippen molar-refractivity contribution in [2.24, 2.45) is 0 Å². The number of carbonyl (C=O) groups excluding carboxylic acids is 1. The van der Waals surface area contributed by atoms with Crippen LogP contribution in [0.3, 0.4) is 0 Å². The van der Waals surface area contributed by atoms with Crippen molar-refractivity contribution in [3.05, 3.63) is 24.4 Å². The van der Waals surface area contributed by atoms with E-state index in [9.17, 15) is 4.79 Å². The molecule has 3 nitrogen and oxygen atoms in total. The van der Waals surface area contributed by atoms with Crippen molar-refractivity contribution in [2.45, 2.75) is 149 Å². The van der Waals surface area contributed by atoms with Crippen molar-refractivity contribution in [3.8, 4) is 0 Å². The van der Waals surface area contributed by atoms with E-state index in [2.05, 4.69) is 57.3 Å². The fourth-order valence-corrected chi connectivity index (χ4v) is 4.39. The van der Waals surface area contributed by atoms with Gasteiger partial charge in [-0.1, -0.05) is 109 Å². The van der Waals surface area contributed by atoms with Gasteiger partial charge in [0.25, 0.3) is 0 Å². The zero-order valence-corrected chi connectivity index (χ0v) is 24.4. The predicted molar refractivity (Wildman–Crippen MR) is 157 cm³/mol. The van der Waals surface area contributed by atoms with Gasteiger partial charge >= 0.3 is 0 Å². The van der Waals surface area contributed by atoms with E-state index in [0.717, 1.165) is 32.4 Å². The van der Waals surface area contributed by atoms with Crippen LogP contribution < -0.4 is 0 Å². The van der Waals surface area contributed by atoms with Gasteiger partial charge in [0.1, 0.15) is 0 Å². The molecule has 0 radical (unpaired) electrons. The molecule has 0 bridgehead atoms. The lowest BCUT2D eigenvalue weighted by atomic mass is 10.1. The molecule has 0 heterocycles. The van der Waals surface area contributed by atoms with Gasteiger partial charge in [-0.25, -0.2) is 0 Å². The topological polar surface area (TPSA) is 23.6 Å². The molecule has 1 amide bonds. The van der Waals surface area contributed by atoms with Gasteiger partial charge in [0.05, 0.1) is 0 Å². The molecule has 206 valence electrons. The SMILES string of the molecule is CCCCCCCC/C=C\CCCCCC/C=C/N(CCCCCCCC)C(=O)CCCN(C)C. The normalized spacial score (nSPS) is 11.9. The third kappa shape index (κ3) is 25.8. The minimum absolute atomic E-state index is 0.296. The maximum atomic E-state index is 12.7. The summed E-state index contributed by atoms with van der Waals surface area (Å²) < 4.78 is 0. The molecule has 0 aromatic heterocycles. The maximum Gasteiger partial charge on any atom is 0.226 e. The molecular weight excluding hydrogens is 428 g/mol. The van der Waals surface area contributed by atoms with Crippen LogP contribution in [0.4, 0.5) is 0 Å². The van der Waals surface area contributed by atoms with E-state index >= 15 is 0 Å². The molecule has 0 aromatic carbocycles. The van der Waals surface area contributed by atoms with Crippen LogP contribution in [0, 0.1) is 0 Å². The lowest BCUT2D eigenvalue weighted by Gasteiger charge is -2.19. The molecule has 0 fully saturated rings. The van der Waals surface area contributed by atoms with Crippen molar-refractivity contribution in [2.75, 3.05) is 27.2 Å². The highest BCUT2D eigenvalue weighted by atomic mass is 16.2. The van der Waals surface area contributed by atoms with Crippen molar-refractivity contribution < 1.29 is 4.79 Å². The van der Waals surface area contributed by atoms with Gasteiger partial charge in [-0.05, 0) is 72.0 Å². The minimum atomic E-state index is 0.296. The summed E-state index contributed by atoms with van der Waals surface area (Å²) >= 11 is 0. The van der Waals surface area contributed by atoms with Crippen LogP contribution >= 0.6 is 0 Å². The molecule has 3 heteroatoms. The Hall–Kier alpha value is -1.09. The first-order valence-corrected chi connectivity index (χ1v) is 15.4. The first-order valence-electron chi connectivity index (χ1n) is 15.4. The molecule has 0 unspecified atom stereocenters. The molecule has 35 heavy (non-hydrogen) atoms. The molecule has 0 N–H and O–H groups in total. The Morgan fingerprint density at radius 3 is 1.51 bits per heavy atom. The number of amides is 1. The average molecular weight is 491 g/mol. The first-order chi connectivity index (χ1) is 17.1. The average Bonchev–Trinajstić information content (AvgIpc) is 2.84. The van der Waals surface area contributed by atoms with E-state index in [1.54, 1.807) is 0 Å². The fourth-order valence-electron chi connectivity index (χ4n) is 4.39. The Morgan fingerprint density at radius 1 is 0.543 bits per heavy atom. The van der Waals surface area contributed by atoms with E-state index in [0.29, 0.717) is 12.3 Å². The third-order valence-electron chi connectivity index (χ3n) is 6.74. The fraction of sp³-hybridized carbons (Fsp3) is 0.844. The van der Waals surface area contributed by atoms with Crippen LogP contribution in [0.15, 0.2) is 24.4 Å². The van der Waals surface area contributed by atoms with Crippen LogP contribution in [-0.2, 0) is 4.79 Å². The second-order valence-corrected chi connectivity index (χ2v) is 10.7. The van der Waals surface area contributed by atoms with Crippen LogP contribution in [0.5, 0.6) is 0 Å². The molecule has 0 saturated carbocycles. The number of hydrogen-bond acceptors (Lipinski definition) is 2. The Labute approximate surface area is 220 Å². The van der Waals surface area contributed by atoms with Gasteiger partial charge in [0, 0.05) is 19.2 Å². The van der Waals surface area contributed by atoms with E-state index in [1.807, 2.05) is 4.90 Å². The van der Waals surface area contributed by atoms with Crippen molar-refractivity contribution in [1.82, 2.24) is 9.80 Å². The van der Waals surface area contributed by atoms with Crippen molar-refractivity contribution in [3.63, 3.8) is 0 Å². The summed E-state index contributed by atoms with van der Waals surface area (Å²) in [6, 6.07) is 0. The van der Waals surface area contributed by atoms with Gasteiger partial charge in [-0.15, -0.1) is 0 Å². The summed E-state index contributed by atoms with van der Waals surface area (Å²) in [6.07, 6.45) is 35.4. The predicted octanol–water partition coefficient (Wildman–Crippen LogP) is 9.68. The number of hydrogen-bond donors (Lipinski definition) is 0. The van der Waals surface area contributed by atoms with Gasteiger partial charge < -0.3 is 9.80 Å². The summed E-state index contributed by atoms with van der Waals surface area (Å²) in [5.41, 5.74) is 0. The van der Waals surface area contributed by atoms with E-state index in [4.69, 9.17) is 0 Å². The zero-order chi connectivity index (χ0) is 25.8. The molecule has 0 aromatic rings. The Balaban J connectivity index is 3.96. The zero-order valence-electron chi connectivity index (χ0n) is 24.4. The minimum Gasteiger partial charge on any atom is -0.319 e. The lowest BCUT2D eigenvalue weighted by molar-refractivity contribution is -0.128. The van der Waals surface area contributed by atoms with E-state index in [1.165, 1.54) is 109 Å². The molecule has 0 atom stereocenters. The standard InChI is InChI=1S/C32H62N2O/c1-5-7-9-11-13-14-15-16-17-18-19-20-21-22-24-26-31-34(30-25-23-12-10-8-6-2)32(35)28-27-29-33(3)4/h16-17,26,31H,5-15,18-25,27-30H2,1-4H3/b17-16-,31-26+. The van der Waals surface area contributed by atoms with E-state index < -0.39 is 0 Å². The van der Waals surface area contributed by atoms with Crippen LogP contribution in [0.2, 0.25) is 0 Å². The second-order valence-electron chi connectivity index (χ2n) is 10.7. The molecule has 0 spiro atoms. The summed E-state index contributed by atoms with van der Waals surface area (Å²) in [5.74, 6) is 0.296. The second kappa shape index (κ2) is 27.5. The van der Waals surface area contributed by atoms with Crippen molar-refractivity contribution in [1.29, 1.82) is 0 Å². The Bertz CT molecular complexity index is 498. The monoisotopic (exact) mass is 490 g/mol. The number of carbonyl (C=O) groups is 1. The number of rotatable bonds is 26. The van der Waals surface area contributed by atoms with Crippen LogP contribution in [-0.4, -0.2) is 42.9 Å². The van der Waals surface area contributed by atoms with Crippen LogP contribution in [0.1, 0.15) is 149 Å². The lowest BCUT2D eigenvalue weighted by Crippen LogP contribution is -2.27. The highest BCUT2D eigenvalue weighted by molar-refractivity contribution is 5.77. The summed E-state index contributed by atoms with van der Waals surface area (Å²) in [4.78, 5) is 16.9. The summed E-state index contributed by atoms with van der Waals surface area (Å²) in [5, 5.41) is 0. The highest BCUT2D eigenvalue weighted by Gasteiger charge is 2.10. The third-order valence-corrected chi connectivity index (χ3v) is 6.74. The molecule has 0 aliphatic heterocycles. The van der Waals surface area contributed by atoms with Crippen molar-refractivity contribution >= 4 is 5.91 Å². The van der Waals surface area contributed by atoms with Gasteiger partial charge in [0.2, 0.25) is 5.91 Å². The van der Waals surface area contributed by atoms with Gasteiger partial charge in [-0.3, -0.25) is 4.79 Å². The van der Waals surface area contributed by atoms with E-state index in [-0.39, 0.29) is 0 Å². The number of allylic oxidation sites excluding steroid dienone is 3. The van der Waals surface area contributed by atoms with Crippen LogP contribution in [0.25, 0.3) is 0 Å². The maximum absolute atomic E-state index is 12.7. The van der Waals surface area contributed by atoms with Gasteiger partial charge in [-0.2, -0.15) is 0 Å². The Kier molecular flexibility index (Phi) is 26.6. The summed E-state index contributed by atoms with van der Waals surface area (Å²) in [6.45, 7) is 6.40. The van der Waals surface area contributed by atoms with Gasteiger partial charge in [0.15, 0.2) is 0 Å². The first kappa shape index (κ1) is 33.9. The quantitative estimate of drug-likeness (QED) is 0.0889. The molecule has 0 saturated heterocycles. The number of unbranched alkanes of at least 4 members (excludes halogenated alkanes) is 16.